The van der Waals surface area contributed by atoms with Gasteiger partial charge in [0.1, 0.15) is 43.1 Å². The Morgan fingerprint density at radius 1 is 0.792 bits per heavy atom. The topological polar surface area (TPSA) is 223 Å². The van der Waals surface area contributed by atoms with Crippen LogP contribution in [0.2, 0.25) is 0 Å². The number of alkyl carbamates (subject to hydrolysis) is 1. The number of phosphoric ester groups is 1. The summed E-state index contributed by atoms with van der Waals surface area (Å²) in [5.41, 5.74) is -2.82. The first-order chi connectivity index (χ1) is 36.8. The van der Waals surface area contributed by atoms with Gasteiger partial charge in [-0.2, -0.15) is 0 Å². The number of aliphatic hydroxyl groups excluding tert-OH is 2. The molecule has 1 aliphatic carbocycles. The number of benzene rings is 3. The third-order valence-corrected chi connectivity index (χ3v) is 18.7. The van der Waals surface area contributed by atoms with Crippen LogP contribution in [0.1, 0.15) is 158 Å². The lowest BCUT2D eigenvalue weighted by Gasteiger charge is -2.41. The summed E-state index contributed by atoms with van der Waals surface area (Å²) in [6.07, 6.45) is 18.2. The van der Waals surface area contributed by atoms with Crippen molar-refractivity contribution in [3.05, 3.63) is 89.0 Å². The van der Waals surface area contributed by atoms with Crippen LogP contribution < -0.4 is 24.4 Å². The Balaban J connectivity index is 0.893. The molecule has 1 fully saturated rings. The van der Waals surface area contributed by atoms with Crippen molar-refractivity contribution in [2.75, 3.05) is 73.5 Å². The van der Waals surface area contributed by atoms with E-state index < -0.39 is 55.6 Å². The first-order valence-corrected chi connectivity index (χ1v) is 31.6. The van der Waals surface area contributed by atoms with E-state index >= 15 is 0 Å². The molecule has 19 heteroatoms. The van der Waals surface area contributed by atoms with Crippen molar-refractivity contribution in [2.24, 2.45) is 5.92 Å². The Morgan fingerprint density at radius 2 is 1.36 bits per heavy atom. The molecule has 0 aromatic heterocycles. The number of unbranched alkanes of at least 4 members (excludes halogenated alkanes) is 16. The van der Waals surface area contributed by atoms with Crippen molar-refractivity contribution in [2.45, 2.75) is 164 Å². The van der Waals surface area contributed by atoms with Crippen molar-refractivity contribution < 1.29 is 72.0 Å². The first-order valence-electron chi connectivity index (χ1n) is 27.8. The molecule has 1 aliphatic heterocycles. The number of nitrogens with one attached hydrogen (secondary N) is 1. The molecule has 1 saturated carbocycles. The van der Waals surface area contributed by atoms with Gasteiger partial charge in [0, 0.05) is 29.8 Å². The zero-order valence-electron chi connectivity index (χ0n) is 46.5. The standard InChI is InChI=1S/C58H89N2O14PS2/c1-56(2,77-76-39-27-20-18-16-14-12-10-8-7-9-11-13-15-17-19-25-37-72-75(67,68)73-38-35-60(3,4)5)43-71-55(65)59-34-24-26-36-70-48-40-45(42-61)51-49(41-48)74-58(46-30-32-47(69-6)33-31-46)52(44-28-22-21-23-29-44)50(54(63)64)53(62)57(51,58)66/h21-23,28-33,40-41,50,52-53,61-62,66H,7-20,24-27,34-39,42-43H2,1-6H3,(H2-,59,63,64,65,67,68)/t50-,52-,53-,57+,58+/m1/s1. The van der Waals surface area contributed by atoms with Crippen LogP contribution in [0, 0.1) is 5.92 Å². The van der Waals surface area contributed by atoms with E-state index in [0.29, 0.717) is 53.0 Å². The molecule has 5 rings (SSSR count). The quantitative estimate of drug-likeness (QED) is 0.0155. The molecule has 0 radical (unpaired) electrons. The highest BCUT2D eigenvalue weighted by Gasteiger charge is 2.78. The van der Waals surface area contributed by atoms with Gasteiger partial charge in [-0.05, 0) is 74.4 Å². The van der Waals surface area contributed by atoms with Crippen LogP contribution in [-0.2, 0) is 41.0 Å². The molecule has 0 saturated heterocycles. The number of carbonyl (C=O) groups is 2. The zero-order chi connectivity index (χ0) is 56.0. The number of carboxylic acid groups (broad SMARTS) is 1. The Bertz CT molecular complexity index is 2290. The van der Waals surface area contributed by atoms with Crippen LogP contribution in [0.3, 0.4) is 0 Å². The predicted octanol–water partition coefficient (Wildman–Crippen LogP) is 11.0. The van der Waals surface area contributed by atoms with Crippen LogP contribution in [0.4, 0.5) is 4.79 Å². The van der Waals surface area contributed by atoms with Crippen molar-refractivity contribution >= 4 is 41.5 Å². The van der Waals surface area contributed by atoms with E-state index in [1.807, 2.05) is 31.9 Å². The highest BCUT2D eigenvalue weighted by atomic mass is 33.1. The first kappa shape index (κ1) is 64.3. The largest absolute Gasteiger partial charge is 0.756 e. The molecule has 16 nitrogen and oxygen atoms in total. The summed E-state index contributed by atoms with van der Waals surface area (Å²) < 4.78 is 46.1. The summed E-state index contributed by atoms with van der Waals surface area (Å²) in [5.74, 6) is -1.72. The van der Waals surface area contributed by atoms with Crippen LogP contribution in [0.25, 0.3) is 0 Å². The maximum atomic E-state index is 13.0. The molecule has 77 heavy (non-hydrogen) atoms. The molecule has 0 bridgehead atoms. The number of rotatable bonds is 39. The number of likely N-dealkylation sites (N-methyl/N-ethyl adjacent to an activating group) is 1. The van der Waals surface area contributed by atoms with Gasteiger partial charge in [0.25, 0.3) is 7.82 Å². The van der Waals surface area contributed by atoms with Crippen molar-refractivity contribution in [3.8, 4) is 17.2 Å². The minimum absolute atomic E-state index is 0.105. The number of phosphoric acid groups is 1. The van der Waals surface area contributed by atoms with Gasteiger partial charge in [-0.1, -0.05) is 154 Å². The number of amides is 1. The number of quaternary nitrogens is 1. The molecule has 1 amide bonds. The molecule has 2 aliphatic rings. The van der Waals surface area contributed by atoms with Crippen LogP contribution in [0.5, 0.6) is 17.2 Å². The van der Waals surface area contributed by atoms with E-state index in [4.69, 9.17) is 28.0 Å². The fraction of sp³-hybridized carbons (Fsp3) is 0.655. The number of methoxy groups -OCH3 is 1. The summed E-state index contributed by atoms with van der Waals surface area (Å²) in [6.45, 7) is 5.48. The number of aliphatic hydroxyl groups is 3. The maximum Gasteiger partial charge on any atom is 0.407 e. The fourth-order valence-corrected chi connectivity index (χ4v) is 13.6. The van der Waals surface area contributed by atoms with E-state index in [0.717, 1.165) is 25.0 Å². The minimum Gasteiger partial charge on any atom is -0.756 e. The van der Waals surface area contributed by atoms with Crippen molar-refractivity contribution in [1.82, 2.24) is 5.32 Å². The van der Waals surface area contributed by atoms with E-state index in [9.17, 15) is 39.5 Å². The number of carbonyl (C=O) groups excluding carboxylic acids is 1. The summed E-state index contributed by atoms with van der Waals surface area (Å²) in [7, 11) is 6.86. The molecule has 1 unspecified atom stereocenters. The van der Waals surface area contributed by atoms with Gasteiger partial charge in [-0.3, -0.25) is 9.36 Å². The third-order valence-electron chi connectivity index (χ3n) is 14.4. The third kappa shape index (κ3) is 19.0. The maximum absolute atomic E-state index is 13.0. The highest BCUT2D eigenvalue weighted by Crippen LogP contribution is 2.69. The molecular formula is C58H89N2O14PS2. The second kappa shape index (κ2) is 31.4. The smallest absolute Gasteiger partial charge is 0.407 e. The SMILES string of the molecule is COc1ccc([C@@]23Oc4cc(OCCCCNC(=O)OCC(C)(C)SSCCCCCCCCCCCCCCCCCCOP(=O)([O-])OCC[N+](C)(C)C)cc(CO)c4[C@]2(O)[C@H](O)[C@H](C(=O)O)[C@H]3c2ccccc2)cc1. The van der Waals surface area contributed by atoms with Gasteiger partial charge in [-0.25, -0.2) is 4.79 Å². The van der Waals surface area contributed by atoms with E-state index in [-0.39, 0.29) is 48.1 Å². The van der Waals surface area contributed by atoms with Gasteiger partial charge >= 0.3 is 12.1 Å². The normalized spacial score (nSPS) is 20.7. The van der Waals surface area contributed by atoms with E-state index in [1.54, 1.807) is 77.5 Å². The molecule has 1 heterocycles. The van der Waals surface area contributed by atoms with E-state index in [2.05, 4.69) is 19.2 Å². The number of hydrogen-bond donors (Lipinski definition) is 5. The Labute approximate surface area is 466 Å². The van der Waals surface area contributed by atoms with Gasteiger partial charge < -0.3 is 63.1 Å². The number of aliphatic carboxylic acids is 1. The van der Waals surface area contributed by atoms with Gasteiger partial charge in [-0.15, -0.1) is 0 Å². The molecule has 3 aromatic rings. The van der Waals surface area contributed by atoms with Crippen LogP contribution in [0.15, 0.2) is 66.7 Å². The van der Waals surface area contributed by atoms with Gasteiger partial charge in [0.2, 0.25) is 0 Å². The molecule has 432 valence electrons. The Hall–Kier alpha value is -3.55. The molecule has 6 atom stereocenters. The summed E-state index contributed by atoms with van der Waals surface area (Å²) in [5, 5.41) is 49.0. The predicted molar refractivity (Wildman–Crippen MR) is 302 cm³/mol. The van der Waals surface area contributed by atoms with Gasteiger partial charge in [0.15, 0.2) is 11.2 Å². The monoisotopic (exact) mass is 1130 g/mol. The Kier molecular flexibility index (Phi) is 26.2. The molecule has 3 aromatic carbocycles. The fourth-order valence-electron chi connectivity index (χ4n) is 10.3. The second-order valence-electron chi connectivity index (χ2n) is 22.2. The van der Waals surface area contributed by atoms with Crippen molar-refractivity contribution in [3.63, 3.8) is 0 Å². The Morgan fingerprint density at radius 3 is 1.94 bits per heavy atom. The molecular weight excluding hydrogens is 1040 g/mol. The van der Waals surface area contributed by atoms with Crippen LogP contribution in [-0.4, -0.2) is 121 Å². The summed E-state index contributed by atoms with van der Waals surface area (Å²) >= 11 is 0. The lowest BCUT2D eigenvalue weighted by atomic mass is 9.70. The van der Waals surface area contributed by atoms with E-state index in [1.165, 1.54) is 90.6 Å². The summed E-state index contributed by atoms with van der Waals surface area (Å²) in [6, 6.07) is 18.8. The molecule has 5 N–H and O–H groups in total. The number of hydrogen-bond acceptors (Lipinski definition) is 15. The summed E-state index contributed by atoms with van der Waals surface area (Å²) in [4.78, 5) is 37.4. The molecule has 0 spiro atoms. The van der Waals surface area contributed by atoms with Gasteiger partial charge in [0.05, 0.1) is 58.7 Å². The number of carboxylic acids is 1. The van der Waals surface area contributed by atoms with Crippen LogP contribution >= 0.6 is 29.4 Å². The highest BCUT2D eigenvalue weighted by molar-refractivity contribution is 8.77. The number of fused-ring (bicyclic) bond motifs is 3. The average Bonchev–Trinajstić information content (AvgIpc) is 3.92. The second-order valence-corrected chi connectivity index (χ2v) is 26.7. The zero-order valence-corrected chi connectivity index (χ0v) is 49.1. The number of ether oxygens (including phenoxy) is 4. The number of nitrogens with zero attached hydrogens (tertiary/aromatic N) is 1. The average molecular weight is 1130 g/mol. The lowest BCUT2D eigenvalue weighted by Crippen LogP contribution is -2.52. The van der Waals surface area contributed by atoms with Crippen molar-refractivity contribution in [1.29, 1.82) is 0 Å². The minimum atomic E-state index is -4.20. The lowest BCUT2D eigenvalue weighted by molar-refractivity contribution is -0.870.